The number of rotatable bonds is 5. The third kappa shape index (κ3) is 4.39. The molecule has 4 rings (SSSR count). The van der Waals surface area contributed by atoms with Gasteiger partial charge in [0, 0.05) is 22.0 Å². The Balaban J connectivity index is 1.33. The Morgan fingerprint density at radius 3 is 2.59 bits per heavy atom. The third-order valence-corrected chi connectivity index (χ3v) is 7.92. The van der Waals surface area contributed by atoms with E-state index in [1.165, 1.54) is 12.1 Å². The molecule has 2 aromatic carbocycles. The Morgan fingerprint density at radius 2 is 1.90 bits per heavy atom. The van der Waals surface area contributed by atoms with Crippen LogP contribution in [0.3, 0.4) is 0 Å². The molecule has 1 N–H and O–H groups in total. The van der Waals surface area contributed by atoms with Crippen LogP contribution in [-0.2, 0) is 10.7 Å². The number of ketones is 1. The molecule has 2 aliphatic heterocycles. The fraction of sp³-hybridized carbons (Fsp3) is 0.409. The largest absolute Gasteiger partial charge is 0.357 e. The molecule has 29 heavy (non-hydrogen) atoms. The van der Waals surface area contributed by atoms with Crippen molar-refractivity contribution < 1.29 is 9.18 Å². The van der Waals surface area contributed by atoms with E-state index in [0.29, 0.717) is 23.0 Å². The molecule has 2 unspecified atom stereocenters. The van der Waals surface area contributed by atoms with Gasteiger partial charge in [-0.1, -0.05) is 11.6 Å². The van der Waals surface area contributed by atoms with Gasteiger partial charge in [-0.3, -0.25) is 14.5 Å². The molecule has 1 saturated heterocycles. The first kappa shape index (κ1) is 20.5. The van der Waals surface area contributed by atoms with Crippen LogP contribution in [-0.4, -0.2) is 42.2 Å². The first-order valence-corrected chi connectivity index (χ1v) is 11.6. The van der Waals surface area contributed by atoms with Crippen LogP contribution in [0.2, 0.25) is 5.02 Å². The zero-order valence-electron chi connectivity index (χ0n) is 16.4. The molecule has 7 heteroatoms. The summed E-state index contributed by atoms with van der Waals surface area (Å²) in [5, 5.41) is 0.864. The third-order valence-electron chi connectivity index (χ3n) is 5.94. The molecule has 0 spiro atoms. The van der Waals surface area contributed by atoms with Crippen molar-refractivity contribution in [2.45, 2.75) is 30.0 Å². The smallest absolute Gasteiger partial charge is 0.176 e. The summed E-state index contributed by atoms with van der Waals surface area (Å²) in [6.45, 7) is 5.23. The number of hydrogen-bond acceptors (Lipinski definition) is 4. The van der Waals surface area contributed by atoms with Gasteiger partial charge in [-0.05, 0) is 91.9 Å². The molecular weight excluding hydrogens is 409 g/mol. The van der Waals surface area contributed by atoms with Crippen LogP contribution < -0.4 is 4.90 Å². The lowest BCUT2D eigenvalue weighted by Crippen LogP contribution is -2.42. The molecule has 0 amide bonds. The number of fused-ring (bicyclic) bond motifs is 1. The number of piperidine rings is 1. The highest BCUT2D eigenvalue weighted by molar-refractivity contribution is 7.87. The molecular formula is C22H25ClFN3OS. The van der Waals surface area contributed by atoms with Crippen LogP contribution in [0.4, 0.5) is 10.1 Å². The molecule has 2 aliphatic rings. The van der Waals surface area contributed by atoms with Crippen molar-refractivity contribution in [3.8, 4) is 0 Å². The summed E-state index contributed by atoms with van der Waals surface area (Å²) < 4.78 is 21.6. The van der Waals surface area contributed by atoms with Crippen LogP contribution in [0.1, 0.15) is 30.1 Å². The monoisotopic (exact) mass is 433 g/mol. The van der Waals surface area contributed by atoms with E-state index >= 15 is 0 Å². The molecule has 4 nitrogen and oxygen atoms in total. The van der Waals surface area contributed by atoms with Crippen LogP contribution in [0.15, 0.2) is 47.4 Å². The summed E-state index contributed by atoms with van der Waals surface area (Å²) in [4.78, 5) is 18.0. The Labute approximate surface area is 178 Å². The van der Waals surface area contributed by atoms with Gasteiger partial charge in [-0.15, -0.1) is 0 Å². The second-order valence-electron chi connectivity index (χ2n) is 7.85. The van der Waals surface area contributed by atoms with E-state index in [1.807, 2.05) is 18.2 Å². The first-order valence-electron chi connectivity index (χ1n) is 9.94. The Bertz CT molecular complexity index is 928. The van der Waals surface area contributed by atoms with Gasteiger partial charge in [0.05, 0.1) is 17.6 Å². The van der Waals surface area contributed by atoms with Crippen LogP contribution >= 0.6 is 11.6 Å². The van der Waals surface area contributed by atoms with Gasteiger partial charge in [0.25, 0.3) is 0 Å². The maximum Gasteiger partial charge on any atom is 0.176 e. The number of nitrogens with zero attached hydrogens (tertiary/aromatic N) is 2. The first-order chi connectivity index (χ1) is 13.9. The molecule has 1 fully saturated rings. The number of carbonyl (C=O) groups is 1. The average Bonchev–Trinajstić information content (AvgIpc) is 2.94. The van der Waals surface area contributed by atoms with Crippen molar-refractivity contribution >= 4 is 33.8 Å². The van der Waals surface area contributed by atoms with Gasteiger partial charge in [0.1, 0.15) is 5.82 Å². The number of carbonyl (C=O) groups excluding carboxylic acids is 1. The van der Waals surface area contributed by atoms with Crippen molar-refractivity contribution in [3.05, 3.63) is 58.9 Å². The average molecular weight is 434 g/mol. The van der Waals surface area contributed by atoms with E-state index < -0.39 is 10.7 Å². The molecule has 0 bridgehead atoms. The highest BCUT2D eigenvalue weighted by atomic mass is 35.5. The zero-order chi connectivity index (χ0) is 20.5. The normalized spacial score (nSPS) is 22.7. The van der Waals surface area contributed by atoms with Crippen LogP contribution in [0, 0.1) is 16.5 Å². The van der Waals surface area contributed by atoms with E-state index in [1.54, 1.807) is 12.1 Å². The van der Waals surface area contributed by atoms with Crippen LogP contribution in [0.25, 0.3) is 0 Å². The second-order valence-corrected chi connectivity index (χ2v) is 10.1. The predicted octanol–water partition coefficient (Wildman–Crippen LogP) is 4.98. The predicted molar refractivity (Wildman–Crippen MR) is 117 cm³/mol. The fourth-order valence-electron chi connectivity index (χ4n) is 4.19. The summed E-state index contributed by atoms with van der Waals surface area (Å²) in [6, 6.07) is 11.7. The van der Waals surface area contributed by atoms with Gasteiger partial charge in [0.15, 0.2) is 5.78 Å². The van der Waals surface area contributed by atoms with Gasteiger partial charge in [-0.2, -0.15) is 0 Å². The molecule has 0 aromatic heterocycles. The van der Waals surface area contributed by atoms with E-state index in [4.69, 9.17) is 16.4 Å². The number of likely N-dealkylation sites (tertiary alicyclic amines) is 1. The maximum atomic E-state index is 13.0. The summed E-state index contributed by atoms with van der Waals surface area (Å²) in [7, 11) is -0.565. The topological polar surface area (TPSA) is 47.4 Å². The molecule has 2 heterocycles. The standard InChI is InChI=1S/C22H25ClFN3OS/c1-15-27(20-7-4-18(23)12-22(20)29(15)25)13-16-8-10-26(11-9-16)14-21(28)17-2-5-19(24)6-3-17/h2-7,12,15-16,25H,8-11,13-14H2,1H3. The van der Waals surface area contributed by atoms with E-state index in [0.717, 1.165) is 43.1 Å². The minimum atomic E-state index is -0.565. The molecule has 0 aliphatic carbocycles. The molecule has 0 radical (unpaired) electrons. The van der Waals surface area contributed by atoms with Crippen LogP contribution in [0.5, 0.6) is 0 Å². The molecule has 0 saturated carbocycles. The number of anilines is 1. The molecule has 2 aromatic rings. The van der Waals surface area contributed by atoms with Gasteiger partial charge in [-0.25, -0.2) is 4.39 Å². The Morgan fingerprint density at radius 1 is 1.21 bits per heavy atom. The summed E-state index contributed by atoms with van der Waals surface area (Å²) in [5.74, 6) is 0.270. The van der Waals surface area contributed by atoms with Crippen molar-refractivity contribution in [2.24, 2.45) is 5.92 Å². The quantitative estimate of drug-likeness (QED) is 0.676. The highest BCUT2D eigenvalue weighted by Crippen LogP contribution is 2.39. The lowest BCUT2D eigenvalue weighted by molar-refractivity contribution is 0.0897. The van der Waals surface area contributed by atoms with Crippen molar-refractivity contribution in [1.29, 1.82) is 4.78 Å². The van der Waals surface area contributed by atoms with E-state index in [2.05, 4.69) is 16.7 Å². The summed E-state index contributed by atoms with van der Waals surface area (Å²) >= 11 is 6.14. The van der Waals surface area contributed by atoms with Crippen molar-refractivity contribution in [1.82, 2.24) is 4.90 Å². The number of hydrogen-bond donors (Lipinski definition) is 1. The van der Waals surface area contributed by atoms with Gasteiger partial charge in [0.2, 0.25) is 0 Å². The maximum absolute atomic E-state index is 13.0. The van der Waals surface area contributed by atoms with E-state index in [-0.39, 0.29) is 17.0 Å². The second kappa shape index (κ2) is 8.54. The Kier molecular flexibility index (Phi) is 6.04. The van der Waals surface area contributed by atoms with Gasteiger partial charge < -0.3 is 4.90 Å². The SMILES string of the molecule is CC1N(CC2CCN(CC(=O)c3ccc(F)cc3)CC2)c2ccc(Cl)cc2S1=N. The molecule has 154 valence electrons. The Hall–Kier alpha value is -1.76. The van der Waals surface area contributed by atoms with E-state index in [9.17, 15) is 9.18 Å². The lowest BCUT2D eigenvalue weighted by atomic mass is 9.95. The minimum Gasteiger partial charge on any atom is -0.357 e. The van der Waals surface area contributed by atoms with Gasteiger partial charge >= 0.3 is 0 Å². The van der Waals surface area contributed by atoms with Crippen molar-refractivity contribution in [3.63, 3.8) is 0 Å². The fourth-order valence-corrected chi connectivity index (χ4v) is 5.91. The summed E-state index contributed by atoms with van der Waals surface area (Å²) in [5.41, 5.74) is 1.71. The number of nitrogens with one attached hydrogen (secondary N) is 1. The zero-order valence-corrected chi connectivity index (χ0v) is 18.0. The highest BCUT2D eigenvalue weighted by Gasteiger charge is 2.33. The molecule has 2 atom stereocenters. The number of Topliss-reactive ketones (excluding diaryl/α,β-unsaturated/α-hetero) is 1. The minimum absolute atomic E-state index is 0.0423. The number of benzene rings is 2. The number of halogens is 2. The lowest BCUT2D eigenvalue weighted by Gasteiger charge is -2.35. The van der Waals surface area contributed by atoms with Crippen molar-refractivity contribution in [2.75, 3.05) is 31.1 Å². The summed E-state index contributed by atoms with van der Waals surface area (Å²) in [6.07, 6.45) is 2.07.